The highest BCUT2D eigenvalue weighted by Crippen LogP contribution is 2.36. The molecule has 7 heteroatoms. The van der Waals surface area contributed by atoms with E-state index < -0.39 is 0 Å². The molecule has 0 saturated heterocycles. The second kappa shape index (κ2) is 9.75. The van der Waals surface area contributed by atoms with Crippen molar-refractivity contribution >= 4 is 10.9 Å². The Morgan fingerprint density at radius 3 is 2.61 bits per heavy atom. The summed E-state index contributed by atoms with van der Waals surface area (Å²) >= 11 is 0. The van der Waals surface area contributed by atoms with Crippen molar-refractivity contribution in [1.29, 1.82) is 0 Å². The first kappa shape index (κ1) is 22.3. The molecule has 33 heavy (non-hydrogen) atoms. The van der Waals surface area contributed by atoms with Crippen molar-refractivity contribution < 1.29 is 0 Å². The molecule has 2 saturated carbocycles. The van der Waals surface area contributed by atoms with Gasteiger partial charge in [-0.1, -0.05) is 50.7 Å². The van der Waals surface area contributed by atoms with E-state index in [-0.39, 0.29) is 11.6 Å². The van der Waals surface area contributed by atoms with Crippen LogP contribution in [0.2, 0.25) is 0 Å². The molecular formula is C26H36N6O. The van der Waals surface area contributed by atoms with Gasteiger partial charge in [-0.05, 0) is 73.0 Å². The van der Waals surface area contributed by atoms with Crippen molar-refractivity contribution in [2.45, 2.75) is 103 Å². The number of aromatic nitrogens is 5. The number of benzene rings is 1. The number of tetrazole rings is 1. The van der Waals surface area contributed by atoms with Gasteiger partial charge in [0.25, 0.3) is 5.56 Å². The molecule has 2 aromatic heterocycles. The fraction of sp³-hybridized carbons (Fsp3) is 0.615. The zero-order chi connectivity index (χ0) is 22.8. The topological polar surface area (TPSA) is 79.7 Å². The summed E-state index contributed by atoms with van der Waals surface area (Å²) in [5, 5.41) is 14.2. The summed E-state index contributed by atoms with van der Waals surface area (Å²) in [5.74, 6) is 0.975. The summed E-state index contributed by atoms with van der Waals surface area (Å²) in [6.45, 7) is 4.94. The highest BCUT2D eigenvalue weighted by atomic mass is 16.1. The molecule has 0 spiro atoms. The number of hydrogen-bond donors (Lipinski definition) is 1. The average Bonchev–Trinajstić information content (AvgIpc) is 3.52. The standard InChI is InChI=1S/C26H36N6O/c1-3-24(25-28-29-30-32(25)22-11-7-8-12-22)31(21-9-5-4-6-10-21)17-20-16-19-15-18(2)13-14-23(19)27-26(20)33/h13-16,21-22,24H,3-12,17H2,1-2H3,(H,27,33)/t24-/m0/s1. The van der Waals surface area contributed by atoms with Gasteiger partial charge in [-0.25, -0.2) is 4.68 Å². The normalized spacial score (nSPS) is 19.0. The fourth-order valence-corrected chi connectivity index (χ4v) is 5.99. The Labute approximate surface area is 195 Å². The van der Waals surface area contributed by atoms with Gasteiger partial charge in [-0.2, -0.15) is 0 Å². The minimum atomic E-state index is 0.0115. The summed E-state index contributed by atoms with van der Waals surface area (Å²) in [6.07, 6.45) is 11.9. The molecule has 2 aliphatic carbocycles. The number of hydrogen-bond acceptors (Lipinski definition) is 5. The molecule has 2 aliphatic rings. The lowest BCUT2D eigenvalue weighted by atomic mass is 9.92. The Bertz CT molecular complexity index is 1140. The Hall–Kier alpha value is -2.54. The fourth-order valence-electron chi connectivity index (χ4n) is 5.99. The number of pyridine rings is 1. The van der Waals surface area contributed by atoms with E-state index >= 15 is 0 Å². The van der Waals surface area contributed by atoms with Crippen LogP contribution in [-0.2, 0) is 6.54 Å². The summed E-state index contributed by atoms with van der Waals surface area (Å²) < 4.78 is 2.10. The highest BCUT2D eigenvalue weighted by Gasteiger charge is 2.33. The average molecular weight is 449 g/mol. The van der Waals surface area contributed by atoms with Crippen molar-refractivity contribution in [3.8, 4) is 0 Å². The predicted octanol–water partition coefficient (Wildman–Crippen LogP) is 5.22. The lowest BCUT2D eigenvalue weighted by molar-refractivity contribution is 0.0830. The molecule has 0 radical (unpaired) electrons. The molecule has 1 aromatic carbocycles. The molecule has 0 aliphatic heterocycles. The number of aryl methyl sites for hydroxylation is 1. The SMILES string of the molecule is CC[C@@H](c1nnnn1C1CCCC1)N(Cc1cc2cc(C)ccc2[nH]c1=O)C1CCCCC1. The maximum Gasteiger partial charge on any atom is 0.252 e. The van der Waals surface area contributed by atoms with Gasteiger partial charge in [0.2, 0.25) is 0 Å². The van der Waals surface area contributed by atoms with Crippen LogP contribution >= 0.6 is 0 Å². The molecule has 2 fully saturated rings. The van der Waals surface area contributed by atoms with E-state index in [0.29, 0.717) is 18.6 Å². The molecule has 7 nitrogen and oxygen atoms in total. The van der Waals surface area contributed by atoms with Crippen molar-refractivity contribution in [2.24, 2.45) is 0 Å². The van der Waals surface area contributed by atoms with Crippen molar-refractivity contribution in [1.82, 2.24) is 30.1 Å². The first-order valence-electron chi connectivity index (χ1n) is 12.8. The van der Waals surface area contributed by atoms with Crippen LogP contribution in [0, 0.1) is 6.92 Å². The molecule has 1 atom stereocenters. The second-order valence-corrected chi connectivity index (χ2v) is 10.0. The second-order valence-electron chi connectivity index (χ2n) is 10.0. The number of fused-ring (bicyclic) bond motifs is 1. The van der Waals surface area contributed by atoms with Crippen molar-refractivity contribution in [3.05, 3.63) is 51.6 Å². The van der Waals surface area contributed by atoms with E-state index in [1.807, 2.05) is 12.1 Å². The third kappa shape index (κ3) is 4.60. The van der Waals surface area contributed by atoms with E-state index in [4.69, 9.17) is 0 Å². The van der Waals surface area contributed by atoms with Crippen LogP contribution < -0.4 is 5.56 Å². The summed E-state index contributed by atoms with van der Waals surface area (Å²) in [4.78, 5) is 18.7. The molecule has 2 heterocycles. The number of rotatable bonds is 7. The maximum absolute atomic E-state index is 13.1. The van der Waals surface area contributed by atoms with Crippen molar-refractivity contribution in [2.75, 3.05) is 0 Å². The molecule has 3 aromatic rings. The monoisotopic (exact) mass is 448 g/mol. The van der Waals surface area contributed by atoms with Gasteiger partial charge < -0.3 is 4.98 Å². The van der Waals surface area contributed by atoms with E-state index in [1.54, 1.807) is 0 Å². The quantitative estimate of drug-likeness (QED) is 0.536. The van der Waals surface area contributed by atoms with Gasteiger partial charge in [-0.15, -0.1) is 5.10 Å². The van der Waals surface area contributed by atoms with E-state index in [2.05, 4.69) is 56.1 Å². The van der Waals surface area contributed by atoms with Gasteiger partial charge in [-0.3, -0.25) is 9.69 Å². The van der Waals surface area contributed by atoms with Crippen LogP contribution in [0.1, 0.15) is 100 Å². The molecule has 5 rings (SSSR count). The first-order valence-corrected chi connectivity index (χ1v) is 12.8. The van der Waals surface area contributed by atoms with Crippen LogP contribution in [0.5, 0.6) is 0 Å². The summed E-state index contributed by atoms with van der Waals surface area (Å²) in [5.41, 5.74) is 2.94. The number of nitrogens with one attached hydrogen (secondary N) is 1. The molecule has 1 N–H and O–H groups in total. The number of aromatic amines is 1. The molecule has 176 valence electrons. The summed E-state index contributed by atoms with van der Waals surface area (Å²) in [6, 6.07) is 9.24. The minimum Gasteiger partial charge on any atom is -0.322 e. The van der Waals surface area contributed by atoms with Crippen LogP contribution in [0.3, 0.4) is 0 Å². The molecule has 0 amide bonds. The number of nitrogens with zero attached hydrogens (tertiary/aromatic N) is 5. The smallest absolute Gasteiger partial charge is 0.252 e. The van der Waals surface area contributed by atoms with Crippen molar-refractivity contribution in [3.63, 3.8) is 0 Å². The first-order chi connectivity index (χ1) is 16.1. The van der Waals surface area contributed by atoms with Crippen LogP contribution in [0.25, 0.3) is 10.9 Å². The lowest BCUT2D eigenvalue weighted by Gasteiger charge is -2.39. The predicted molar refractivity (Wildman–Crippen MR) is 130 cm³/mol. The Morgan fingerprint density at radius 1 is 1.09 bits per heavy atom. The Balaban J connectivity index is 1.52. The van der Waals surface area contributed by atoms with Gasteiger partial charge in [0.15, 0.2) is 5.82 Å². The van der Waals surface area contributed by atoms with Gasteiger partial charge in [0, 0.05) is 23.7 Å². The van der Waals surface area contributed by atoms with Gasteiger partial charge >= 0.3 is 0 Å². The largest absolute Gasteiger partial charge is 0.322 e. The van der Waals surface area contributed by atoms with Gasteiger partial charge in [0.1, 0.15) is 0 Å². The third-order valence-electron chi connectivity index (χ3n) is 7.75. The zero-order valence-corrected chi connectivity index (χ0v) is 20.0. The Kier molecular flexibility index (Phi) is 6.58. The zero-order valence-electron chi connectivity index (χ0n) is 20.0. The van der Waals surface area contributed by atoms with E-state index in [1.165, 1.54) is 50.5 Å². The number of H-pyrrole nitrogens is 1. The minimum absolute atomic E-state index is 0.0115. The Morgan fingerprint density at radius 2 is 1.85 bits per heavy atom. The third-order valence-corrected chi connectivity index (χ3v) is 7.75. The summed E-state index contributed by atoms with van der Waals surface area (Å²) in [7, 11) is 0. The highest BCUT2D eigenvalue weighted by molar-refractivity contribution is 5.79. The van der Waals surface area contributed by atoms with Crippen LogP contribution in [0.4, 0.5) is 0 Å². The maximum atomic E-state index is 13.1. The van der Waals surface area contributed by atoms with Crippen LogP contribution in [0.15, 0.2) is 29.1 Å². The van der Waals surface area contributed by atoms with E-state index in [9.17, 15) is 4.79 Å². The molecule has 0 unspecified atom stereocenters. The van der Waals surface area contributed by atoms with E-state index in [0.717, 1.165) is 41.6 Å². The van der Waals surface area contributed by atoms with Gasteiger partial charge in [0.05, 0.1) is 12.1 Å². The molecule has 0 bridgehead atoms. The lowest BCUT2D eigenvalue weighted by Crippen LogP contribution is -2.41. The molecular weight excluding hydrogens is 412 g/mol. The van der Waals surface area contributed by atoms with Crippen LogP contribution in [-0.4, -0.2) is 36.1 Å².